The van der Waals surface area contributed by atoms with E-state index in [4.69, 9.17) is 14.3 Å². The fraction of sp³-hybridized carbons (Fsp3) is 0.500. The van der Waals surface area contributed by atoms with Gasteiger partial charge in [0.2, 0.25) is 0 Å². The Morgan fingerprint density at radius 3 is 2.10 bits per heavy atom. The molecular weight excluding hydrogens is 136 g/mol. The zero-order chi connectivity index (χ0) is 8.41. The van der Waals surface area contributed by atoms with Crippen molar-refractivity contribution in [1.29, 1.82) is 0 Å². The van der Waals surface area contributed by atoms with Gasteiger partial charge in [-0.05, 0) is 13.5 Å². The Hall–Kier alpha value is -1.28. The molecule has 0 aliphatic carbocycles. The van der Waals surface area contributed by atoms with E-state index in [2.05, 4.69) is 11.3 Å². The monoisotopic (exact) mass is 146 g/mol. The van der Waals surface area contributed by atoms with Crippen LogP contribution >= 0.6 is 0 Å². The fourth-order valence-corrected chi connectivity index (χ4v) is 0.220. The Bertz CT molecular complexity index is 113. The molecule has 4 heteroatoms. The molecule has 0 fully saturated rings. The Morgan fingerprint density at radius 2 is 2.00 bits per heavy atom. The van der Waals surface area contributed by atoms with Crippen LogP contribution in [0.5, 0.6) is 0 Å². The van der Waals surface area contributed by atoms with Gasteiger partial charge in [-0.2, -0.15) is 9.59 Å². The zero-order valence-corrected chi connectivity index (χ0v) is 6.05. The maximum Gasteiger partial charge on any atom is 0.373 e. The van der Waals surface area contributed by atoms with Crippen LogP contribution in [0.2, 0.25) is 0 Å². The predicted molar refractivity (Wildman–Crippen MR) is 32.8 cm³/mol. The Kier molecular flexibility index (Phi) is 12.3. The van der Waals surface area contributed by atoms with Gasteiger partial charge in [0.1, 0.15) is 0 Å². The van der Waals surface area contributed by atoms with E-state index in [1.54, 1.807) is 0 Å². The molecule has 0 rings (SSSR count). The second kappa shape index (κ2) is 10.7. The van der Waals surface area contributed by atoms with Gasteiger partial charge in [-0.1, -0.05) is 0 Å². The largest absolute Gasteiger partial charge is 0.469 e. The van der Waals surface area contributed by atoms with Gasteiger partial charge in [0.25, 0.3) is 5.95 Å². The molecule has 0 atom stereocenters. The highest BCUT2D eigenvalue weighted by molar-refractivity contribution is 5.20. The molecule has 0 saturated carbocycles. The van der Waals surface area contributed by atoms with Gasteiger partial charge in [0.15, 0.2) is 0 Å². The van der Waals surface area contributed by atoms with Crippen LogP contribution in [0.15, 0.2) is 12.5 Å². The third-order valence-corrected chi connectivity index (χ3v) is 0.533. The van der Waals surface area contributed by atoms with E-state index in [0.717, 1.165) is 0 Å². The van der Waals surface area contributed by atoms with Gasteiger partial charge in [-0.15, -0.1) is 0 Å². The minimum atomic E-state index is 0.250. The summed E-state index contributed by atoms with van der Waals surface area (Å²) < 4.78 is 9.35. The van der Waals surface area contributed by atoms with Gasteiger partial charge in [-0.3, -0.25) is 0 Å². The van der Waals surface area contributed by atoms with Crippen LogP contribution in [-0.2, 0) is 19.1 Å². The second-order valence-corrected chi connectivity index (χ2v) is 1.09. The lowest BCUT2D eigenvalue weighted by atomic mass is 10.8. The summed E-state index contributed by atoms with van der Waals surface area (Å²) in [6.07, 6.45) is 0.250. The molecule has 0 aromatic carbocycles. The quantitative estimate of drug-likeness (QED) is 0.546. The lowest BCUT2D eigenvalue weighted by Crippen LogP contribution is -1.90. The van der Waals surface area contributed by atoms with E-state index in [1.807, 2.05) is 6.92 Å². The molecule has 0 N–H and O–H groups in total. The Morgan fingerprint density at radius 1 is 1.60 bits per heavy atom. The first-order valence-corrected chi connectivity index (χ1v) is 2.57. The van der Waals surface area contributed by atoms with Crippen molar-refractivity contribution in [1.82, 2.24) is 0 Å². The fourth-order valence-electron chi connectivity index (χ4n) is 0.220. The molecule has 0 amide bonds. The lowest BCUT2D eigenvalue weighted by Gasteiger charge is -2.01. The van der Waals surface area contributed by atoms with E-state index in [1.165, 1.54) is 7.11 Å². The third kappa shape index (κ3) is 15.9. The highest BCUT2D eigenvalue weighted by Gasteiger charge is 1.82. The highest BCUT2D eigenvalue weighted by Crippen LogP contribution is 1.89. The molecule has 0 aromatic rings. The van der Waals surface area contributed by atoms with Gasteiger partial charge in [0.05, 0.1) is 13.7 Å². The average molecular weight is 146 g/mol. The number of carbonyl (C=O) groups excluding carboxylic acids is 2. The standard InChI is InChI=1S/C5H10O2.CO2/c1-4-7-5(2)6-3;2-1-3/h2,4H2,1,3H3;. The van der Waals surface area contributed by atoms with Crippen LogP contribution in [0.3, 0.4) is 0 Å². The summed E-state index contributed by atoms with van der Waals surface area (Å²) in [6.45, 7) is 5.92. The molecule has 0 spiro atoms. The first kappa shape index (κ1) is 11.5. The van der Waals surface area contributed by atoms with Crippen molar-refractivity contribution in [2.75, 3.05) is 13.7 Å². The predicted octanol–water partition coefficient (Wildman–Crippen LogP) is 0.557. The molecule has 0 bridgehead atoms. The Labute approximate surface area is 59.4 Å². The lowest BCUT2D eigenvalue weighted by molar-refractivity contribution is -0.191. The topological polar surface area (TPSA) is 52.6 Å². The summed E-state index contributed by atoms with van der Waals surface area (Å²) in [6, 6.07) is 0. The van der Waals surface area contributed by atoms with Crippen LogP contribution in [0, 0.1) is 0 Å². The molecule has 0 saturated heterocycles. The average Bonchev–Trinajstić information content (AvgIpc) is 1.90. The van der Waals surface area contributed by atoms with E-state index in [9.17, 15) is 0 Å². The first-order valence-electron chi connectivity index (χ1n) is 2.57. The molecular formula is C6H10O4. The number of hydrogen-bond acceptors (Lipinski definition) is 4. The Balaban J connectivity index is 0. The maximum absolute atomic E-state index is 8.12. The number of hydrogen-bond donors (Lipinski definition) is 0. The van der Waals surface area contributed by atoms with Crippen molar-refractivity contribution < 1.29 is 19.1 Å². The number of methoxy groups -OCH3 is 1. The van der Waals surface area contributed by atoms with E-state index in [-0.39, 0.29) is 6.15 Å². The van der Waals surface area contributed by atoms with E-state index < -0.39 is 0 Å². The van der Waals surface area contributed by atoms with E-state index >= 15 is 0 Å². The molecule has 0 aliphatic rings. The smallest absolute Gasteiger partial charge is 0.373 e. The number of ether oxygens (including phenoxy) is 2. The van der Waals surface area contributed by atoms with Crippen molar-refractivity contribution in [3.05, 3.63) is 12.5 Å². The second-order valence-electron chi connectivity index (χ2n) is 1.09. The van der Waals surface area contributed by atoms with E-state index in [0.29, 0.717) is 12.6 Å². The first-order chi connectivity index (χ1) is 4.72. The summed E-state index contributed by atoms with van der Waals surface area (Å²) in [5, 5.41) is 0. The van der Waals surface area contributed by atoms with Gasteiger partial charge in [0, 0.05) is 0 Å². The van der Waals surface area contributed by atoms with Crippen LogP contribution < -0.4 is 0 Å². The minimum Gasteiger partial charge on any atom is -0.469 e. The van der Waals surface area contributed by atoms with Crippen molar-refractivity contribution in [3.8, 4) is 0 Å². The van der Waals surface area contributed by atoms with Crippen LogP contribution in [0.4, 0.5) is 0 Å². The normalized spacial score (nSPS) is 6.20. The molecule has 0 aliphatic heterocycles. The van der Waals surface area contributed by atoms with Gasteiger partial charge >= 0.3 is 6.15 Å². The van der Waals surface area contributed by atoms with Crippen LogP contribution in [0.25, 0.3) is 0 Å². The van der Waals surface area contributed by atoms with Crippen molar-refractivity contribution in [3.63, 3.8) is 0 Å². The summed E-state index contributed by atoms with van der Waals surface area (Å²) in [5.74, 6) is 0.377. The van der Waals surface area contributed by atoms with Crippen molar-refractivity contribution in [2.24, 2.45) is 0 Å². The highest BCUT2D eigenvalue weighted by atomic mass is 16.7. The maximum atomic E-state index is 8.12. The minimum absolute atomic E-state index is 0.250. The van der Waals surface area contributed by atoms with Crippen LogP contribution in [-0.4, -0.2) is 19.9 Å². The summed E-state index contributed by atoms with van der Waals surface area (Å²) in [7, 11) is 1.53. The van der Waals surface area contributed by atoms with Crippen LogP contribution in [0.1, 0.15) is 6.92 Å². The zero-order valence-electron chi connectivity index (χ0n) is 6.05. The molecule has 4 nitrogen and oxygen atoms in total. The summed E-state index contributed by atoms with van der Waals surface area (Å²) in [4.78, 5) is 16.2. The molecule has 0 heterocycles. The van der Waals surface area contributed by atoms with Crippen molar-refractivity contribution >= 4 is 6.15 Å². The molecule has 0 radical (unpaired) electrons. The SMILES string of the molecule is C=C(OC)OCC.O=C=O. The summed E-state index contributed by atoms with van der Waals surface area (Å²) >= 11 is 0. The van der Waals surface area contributed by atoms with Crippen molar-refractivity contribution in [2.45, 2.75) is 6.92 Å². The van der Waals surface area contributed by atoms with Gasteiger partial charge < -0.3 is 9.47 Å². The number of rotatable bonds is 3. The molecule has 10 heavy (non-hydrogen) atoms. The third-order valence-electron chi connectivity index (χ3n) is 0.533. The molecule has 0 unspecified atom stereocenters. The van der Waals surface area contributed by atoms with Gasteiger partial charge in [-0.25, -0.2) is 0 Å². The summed E-state index contributed by atoms with van der Waals surface area (Å²) in [5.41, 5.74) is 0. The molecule has 0 aromatic heterocycles. The molecule has 58 valence electrons.